The molecule has 31 heteroatoms. The van der Waals surface area contributed by atoms with E-state index in [4.69, 9.17) is 4.74 Å². The number of likely N-dealkylation sites (N-methyl/N-ethyl adjacent to an activating group) is 7. The number of hydrogen-bond donors (Lipinski definition) is 3. The van der Waals surface area contributed by atoms with Crippen LogP contribution in [0.5, 0.6) is 0 Å². The zero-order chi connectivity index (χ0) is 77.9. The molecule has 3 saturated heterocycles. The van der Waals surface area contributed by atoms with Gasteiger partial charge in [-0.25, -0.2) is 0 Å². The Morgan fingerprint density at radius 3 is 1.81 bits per heavy atom. The molecule has 105 heavy (non-hydrogen) atoms. The maximum Gasteiger partial charge on any atom is 0.392 e. The van der Waals surface area contributed by atoms with Crippen LogP contribution in [-0.4, -0.2) is 276 Å². The van der Waals surface area contributed by atoms with E-state index in [2.05, 4.69) is 16.0 Å². The van der Waals surface area contributed by atoms with E-state index in [1.807, 2.05) is 0 Å². The second-order valence-electron chi connectivity index (χ2n) is 31.7. The minimum atomic E-state index is -4.46. The number of rotatable bonds is 12. The Kier molecular flexibility index (Phi) is 30.0. The summed E-state index contributed by atoms with van der Waals surface area (Å²) in [6, 6.07) is -10.6. The van der Waals surface area contributed by atoms with Gasteiger partial charge in [0.2, 0.25) is 70.9 Å². The standard InChI is InChI=1S/C74H118F6N12O13/c1-14-44(4)61-69(102)86(9)43-60(95)88(11)54-25-18-17-21-36-91(68(54)101)57(38-47-26-30-49(31-27-47)73(75,76)77)67(100)85(8)42-58(93)81-52(33-29-46-28-32-51(45(5)37-46)74(78,79)80)65(98)92-41-50(105-16-3)39-55(92)64(97)83-72(34-22-35-72)71(104)90(13)62(48-23-19-20-24-48)70(103)89(12)56(66(99)84(6)7)40-59(94)87(10)53(15-2)63(96)82-61/h44-57,61-62H,14-43H2,1-13H3,(H,81,93)(H,82,96)(H,83,97)/t44-,45?,46?,47?,49?,50+,51?,52-,53-,54-,55-,56-,57-,61-,62-/m0/s1. The molecule has 13 atom stereocenters. The van der Waals surface area contributed by atoms with Gasteiger partial charge in [-0.2, -0.15) is 26.3 Å². The number of amides is 12. The fraction of sp³-hybridized carbons (Fsp3) is 0.838. The lowest BCUT2D eigenvalue weighted by atomic mass is 9.73. The highest BCUT2D eigenvalue weighted by atomic mass is 19.4. The number of ether oxygens (including phenoxy) is 1. The third-order valence-corrected chi connectivity index (χ3v) is 24.3. The SMILES string of the molecule is CCO[C@@H]1C[C@H]2C(=O)NC3(CCC3)C(=O)N(C)[C@@H](C3CCCC3)C(=O)N(C)[C@H](C(=O)N(C)C)CC(=O)N(C)[C@@H](CC)C(=O)N[C@@H]([C@@H](C)CC)C(=O)N(C)CC(=O)N(C)[C@H]3CCCCCN(C3=O)[C@@H](CC3CCC(C(F)(F)F)CC3)C(=O)N(C)CC(=O)N[C@@H](CCC3CCC(C(F)(F)F)C(C)C3)C(=O)N2C1. The molecule has 3 unspecified atom stereocenters. The summed E-state index contributed by atoms with van der Waals surface area (Å²) in [4.78, 5) is 191. The molecule has 3 N–H and O–H groups in total. The number of carbonyl (C=O) groups is 12. The van der Waals surface area contributed by atoms with Gasteiger partial charge in [-0.1, -0.05) is 59.8 Å². The molecule has 7 rings (SSSR count). The molecule has 4 aliphatic carbocycles. The largest absolute Gasteiger partial charge is 0.392 e. The van der Waals surface area contributed by atoms with Gasteiger partial charge < -0.3 is 64.8 Å². The van der Waals surface area contributed by atoms with Crippen molar-refractivity contribution in [2.24, 2.45) is 41.4 Å². The van der Waals surface area contributed by atoms with Crippen molar-refractivity contribution in [3.05, 3.63) is 0 Å². The van der Waals surface area contributed by atoms with Gasteiger partial charge >= 0.3 is 12.4 Å². The molecule has 4 saturated carbocycles. The van der Waals surface area contributed by atoms with Crippen LogP contribution in [0.3, 0.4) is 0 Å². The summed E-state index contributed by atoms with van der Waals surface area (Å²) in [7, 11) is 11.2. The second kappa shape index (κ2) is 36.9. The molecule has 594 valence electrons. The van der Waals surface area contributed by atoms with Crippen molar-refractivity contribution < 1.29 is 88.6 Å². The zero-order valence-electron chi connectivity index (χ0n) is 64.1. The normalized spacial score (nSPS) is 31.6. The zero-order valence-corrected chi connectivity index (χ0v) is 64.1. The number of alkyl halides is 6. The minimum absolute atomic E-state index is 0.0220. The fourth-order valence-corrected chi connectivity index (χ4v) is 17.4. The lowest BCUT2D eigenvalue weighted by molar-refractivity contribution is -0.197. The second-order valence-corrected chi connectivity index (χ2v) is 31.7. The molecule has 0 aromatic carbocycles. The number of fused-ring (bicyclic) bond motifs is 3. The van der Waals surface area contributed by atoms with Crippen molar-refractivity contribution in [3.63, 3.8) is 0 Å². The molecule has 7 aliphatic rings. The topological polar surface area (TPSA) is 279 Å². The smallest absolute Gasteiger partial charge is 0.377 e. The number of carbonyl (C=O) groups excluding carboxylic acids is 12. The lowest BCUT2D eigenvalue weighted by Gasteiger charge is -2.46. The summed E-state index contributed by atoms with van der Waals surface area (Å²) in [5, 5.41) is 8.64. The Hall–Kier alpha value is -6.82. The summed E-state index contributed by atoms with van der Waals surface area (Å²) in [5.41, 5.74) is -1.61. The summed E-state index contributed by atoms with van der Waals surface area (Å²) in [5.74, 6) is -14.3. The first-order valence-corrected chi connectivity index (χ1v) is 38.3. The van der Waals surface area contributed by atoms with Crippen molar-refractivity contribution in [2.75, 3.05) is 89.2 Å². The van der Waals surface area contributed by atoms with Crippen LogP contribution < -0.4 is 16.0 Å². The maximum atomic E-state index is 15.6. The van der Waals surface area contributed by atoms with Crippen LogP contribution in [0, 0.1) is 41.4 Å². The lowest BCUT2D eigenvalue weighted by Crippen LogP contribution is -2.68. The van der Waals surface area contributed by atoms with E-state index in [-0.39, 0.29) is 122 Å². The number of hydrogen-bond acceptors (Lipinski definition) is 13. The summed E-state index contributed by atoms with van der Waals surface area (Å²) in [6.07, 6.45) is -5.54. The van der Waals surface area contributed by atoms with Gasteiger partial charge in [0.15, 0.2) is 0 Å². The number of halogens is 6. The van der Waals surface area contributed by atoms with Gasteiger partial charge in [-0.05, 0) is 152 Å². The van der Waals surface area contributed by atoms with Crippen molar-refractivity contribution >= 4 is 70.9 Å². The monoisotopic (exact) mass is 1500 g/mol. The van der Waals surface area contributed by atoms with E-state index in [0.29, 0.717) is 57.8 Å². The van der Waals surface area contributed by atoms with Crippen LogP contribution in [0.15, 0.2) is 0 Å². The minimum Gasteiger partial charge on any atom is -0.377 e. The van der Waals surface area contributed by atoms with Gasteiger partial charge in [-0.3, -0.25) is 57.5 Å². The van der Waals surface area contributed by atoms with Crippen molar-refractivity contribution in [2.45, 2.75) is 267 Å². The summed E-state index contributed by atoms with van der Waals surface area (Å²) in [6.45, 7) is 7.05. The molecule has 0 aromatic heterocycles. The van der Waals surface area contributed by atoms with Crippen LogP contribution in [0.25, 0.3) is 0 Å². The Bertz CT molecular complexity index is 3090. The van der Waals surface area contributed by atoms with E-state index in [9.17, 15) is 55.1 Å². The predicted molar refractivity (Wildman–Crippen MR) is 376 cm³/mol. The van der Waals surface area contributed by atoms with Gasteiger partial charge in [-0.15, -0.1) is 0 Å². The summed E-state index contributed by atoms with van der Waals surface area (Å²) < 4.78 is 91.0. The molecular weight excluding hydrogens is 1380 g/mol. The Morgan fingerprint density at radius 2 is 1.24 bits per heavy atom. The highest BCUT2D eigenvalue weighted by Crippen LogP contribution is 2.46. The van der Waals surface area contributed by atoms with Crippen LogP contribution in [0.1, 0.15) is 195 Å². The third kappa shape index (κ3) is 20.7. The van der Waals surface area contributed by atoms with Crippen molar-refractivity contribution in [3.8, 4) is 0 Å². The van der Waals surface area contributed by atoms with E-state index in [0.717, 1.165) is 19.6 Å². The highest BCUT2D eigenvalue weighted by molar-refractivity contribution is 6.01. The highest BCUT2D eigenvalue weighted by Gasteiger charge is 2.55. The van der Waals surface area contributed by atoms with Crippen LogP contribution >= 0.6 is 0 Å². The van der Waals surface area contributed by atoms with E-state index >= 15 is 28.8 Å². The molecule has 3 heterocycles. The molecule has 7 fully saturated rings. The van der Waals surface area contributed by atoms with Gasteiger partial charge in [0.05, 0.1) is 37.5 Å². The Balaban J connectivity index is 1.31. The van der Waals surface area contributed by atoms with E-state index in [1.165, 1.54) is 87.8 Å². The van der Waals surface area contributed by atoms with Crippen molar-refractivity contribution in [1.29, 1.82) is 0 Å². The van der Waals surface area contributed by atoms with Crippen LogP contribution in [0.4, 0.5) is 26.3 Å². The first-order valence-electron chi connectivity index (χ1n) is 38.3. The van der Waals surface area contributed by atoms with Crippen LogP contribution in [-0.2, 0) is 62.3 Å². The molecule has 12 amide bonds. The molecule has 2 bridgehead atoms. The molecule has 3 aliphatic heterocycles. The Labute approximate surface area is 615 Å². The van der Waals surface area contributed by atoms with Crippen molar-refractivity contribution in [1.82, 2.24) is 60.0 Å². The summed E-state index contributed by atoms with van der Waals surface area (Å²) >= 11 is 0. The van der Waals surface area contributed by atoms with E-state index in [1.54, 1.807) is 27.7 Å². The fourth-order valence-electron chi connectivity index (χ4n) is 17.4. The molecular formula is C74H118F6N12O13. The molecule has 0 radical (unpaired) electrons. The average Bonchev–Trinajstić information content (AvgIpc) is 1.70. The van der Waals surface area contributed by atoms with Crippen LogP contribution in [0.2, 0.25) is 0 Å². The molecule has 1 spiro atoms. The Morgan fingerprint density at radius 1 is 0.610 bits per heavy atom. The number of nitrogens with zero attached hydrogens (tertiary/aromatic N) is 9. The molecule has 0 aromatic rings. The van der Waals surface area contributed by atoms with E-state index < -0.39 is 198 Å². The number of nitrogens with one attached hydrogen (secondary N) is 3. The first kappa shape index (κ1) is 85.4. The maximum absolute atomic E-state index is 15.6. The molecule has 25 nitrogen and oxygen atoms in total. The van der Waals surface area contributed by atoms with Gasteiger partial charge in [0, 0.05) is 82.5 Å². The quantitative estimate of drug-likeness (QED) is 0.182. The van der Waals surface area contributed by atoms with Gasteiger partial charge in [0.25, 0.3) is 0 Å². The average molecular weight is 1500 g/mol. The third-order valence-electron chi connectivity index (χ3n) is 24.3. The first-order chi connectivity index (χ1) is 49.3. The predicted octanol–water partition coefficient (Wildman–Crippen LogP) is 6.29. The van der Waals surface area contributed by atoms with Gasteiger partial charge in [0.1, 0.15) is 53.9 Å².